The smallest absolute Gasteiger partial charge is 0.293 e. The highest BCUT2D eigenvalue weighted by atomic mass is 16.5. The number of aromatic nitrogens is 2. The maximum absolute atomic E-state index is 12.5. The van der Waals surface area contributed by atoms with Gasteiger partial charge in [-0.25, -0.2) is 0 Å². The molecular formula is C16H22N4O3. The molecule has 124 valence electrons. The molecule has 1 aromatic rings. The zero-order valence-corrected chi connectivity index (χ0v) is 13.4. The summed E-state index contributed by atoms with van der Waals surface area (Å²) in [4.78, 5) is 30.6. The van der Waals surface area contributed by atoms with Gasteiger partial charge in [-0.3, -0.25) is 9.59 Å². The topological polar surface area (TPSA) is 88.3 Å². The number of nitrogens with one attached hydrogen (secondary N) is 1. The molecule has 7 nitrogen and oxygen atoms in total. The first-order valence-electron chi connectivity index (χ1n) is 8.50. The lowest BCUT2D eigenvalue weighted by atomic mass is 9.93. The molecule has 2 amide bonds. The average Bonchev–Trinajstić information content (AvgIpc) is 3.48. The van der Waals surface area contributed by atoms with E-state index in [0.717, 1.165) is 38.8 Å². The number of piperidine rings is 1. The van der Waals surface area contributed by atoms with E-state index in [1.54, 1.807) is 6.92 Å². The van der Waals surface area contributed by atoms with Crippen LogP contribution < -0.4 is 5.32 Å². The van der Waals surface area contributed by atoms with Crippen molar-refractivity contribution in [2.45, 2.75) is 57.4 Å². The van der Waals surface area contributed by atoms with Crippen molar-refractivity contribution in [2.24, 2.45) is 5.41 Å². The number of likely N-dealkylation sites (tertiary alicyclic amines) is 1. The molecule has 1 saturated heterocycles. The number of carbonyl (C=O) groups is 2. The van der Waals surface area contributed by atoms with Crippen LogP contribution >= 0.6 is 0 Å². The second-order valence-electron chi connectivity index (χ2n) is 7.25. The second-order valence-corrected chi connectivity index (χ2v) is 7.25. The Morgan fingerprint density at radius 3 is 2.57 bits per heavy atom. The van der Waals surface area contributed by atoms with Gasteiger partial charge in [-0.05, 0) is 50.9 Å². The number of hydrogen-bond acceptors (Lipinski definition) is 5. The maximum Gasteiger partial charge on any atom is 0.293 e. The Morgan fingerprint density at radius 2 is 1.96 bits per heavy atom. The summed E-state index contributed by atoms with van der Waals surface area (Å²) >= 11 is 0. The lowest BCUT2D eigenvalue weighted by Crippen LogP contribution is -2.49. The first-order chi connectivity index (χ1) is 11.1. The lowest BCUT2D eigenvalue weighted by molar-refractivity contribution is -0.134. The van der Waals surface area contributed by atoms with E-state index < -0.39 is 11.9 Å². The molecule has 1 aliphatic heterocycles. The van der Waals surface area contributed by atoms with Crippen LogP contribution in [0.3, 0.4) is 0 Å². The van der Waals surface area contributed by atoms with E-state index in [9.17, 15) is 9.59 Å². The van der Waals surface area contributed by atoms with E-state index in [-0.39, 0.29) is 11.7 Å². The molecule has 23 heavy (non-hydrogen) atoms. The number of hydrogen-bond donors (Lipinski definition) is 1. The van der Waals surface area contributed by atoms with Gasteiger partial charge in [0.2, 0.25) is 11.8 Å². The van der Waals surface area contributed by atoms with E-state index in [0.29, 0.717) is 17.2 Å². The van der Waals surface area contributed by atoms with Crippen molar-refractivity contribution in [1.29, 1.82) is 0 Å². The highest BCUT2D eigenvalue weighted by Crippen LogP contribution is 2.53. The molecule has 0 aromatic carbocycles. The van der Waals surface area contributed by atoms with Gasteiger partial charge in [0.15, 0.2) is 0 Å². The first kappa shape index (κ1) is 14.7. The minimum absolute atomic E-state index is 0.0159. The van der Waals surface area contributed by atoms with E-state index in [2.05, 4.69) is 15.5 Å². The van der Waals surface area contributed by atoms with Gasteiger partial charge in [0.05, 0.1) is 0 Å². The third-order valence-electron chi connectivity index (χ3n) is 5.38. The molecule has 0 bridgehead atoms. The normalized spacial score (nSPS) is 23.6. The minimum atomic E-state index is -0.571. The Bertz CT molecular complexity index is 623. The summed E-state index contributed by atoms with van der Waals surface area (Å²) in [6.07, 6.45) is 6.87. The fourth-order valence-corrected chi connectivity index (χ4v) is 3.30. The summed E-state index contributed by atoms with van der Waals surface area (Å²) in [5.41, 5.74) is 0.535. The van der Waals surface area contributed by atoms with Crippen LogP contribution in [0.4, 0.5) is 0 Å². The van der Waals surface area contributed by atoms with Crippen LogP contribution in [0.5, 0.6) is 0 Å². The Morgan fingerprint density at radius 1 is 1.26 bits per heavy atom. The summed E-state index contributed by atoms with van der Waals surface area (Å²) in [6.45, 7) is 3.31. The van der Waals surface area contributed by atoms with E-state index in [4.69, 9.17) is 4.52 Å². The molecule has 0 radical (unpaired) electrons. The van der Waals surface area contributed by atoms with Crippen molar-refractivity contribution in [3.05, 3.63) is 11.7 Å². The van der Waals surface area contributed by atoms with Gasteiger partial charge >= 0.3 is 0 Å². The van der Waals surface area contributed by atoms with Crippen LogP contribution in [0, 0.1) is 5.41 Å². The van der Waals surface area contributed by atoms with Gasteiger partial charge in [-0.2, -0.15) is 4.98 Å². The van der Waals surface area contributed by atoms with Crippen LogP contribution in [-0.2, 0) is 4.79 Å². The third-order valence-corrected chi connectivity index (χ3v) is 5.38. The van der Waals surface area contributed by atoms with Gasteiger partial charge in [0, 0.05) is 19.0 Å². The molecule has 1 N–H and O–H groups in total. The number of nitrogens with zero attached hydrogens (tertiary/aromatic N) is 3. The second kappa shape index (κ2) is 5.32. The van der Waals surface area contributed by atoms with Crippen molar-refractivity contribution < 1.29 is 14.1 Å². The molecule has 3 aliphatic rings. The molecule has 1 atom stereocenters. The zero-order chi connectivity index (χ0) is 16.0. The van der Waals surface area contributed by atoms with Crippen molar-refractivity contribution in [3.8, 4) is 0 Å². The largest absolute Gasteiger partial charge is 0.341 e. The van der Waals surface area contributed by atoms with Crippen molar-refractivity contribution in [1.82, 2.24) is 20.4 Å². The fourth-order valence-electron chi connectivity index (χ4n) is 3.30. The molecular weight excluding hydrogens is 296 g/mol. The van der Waals surface area contributed by atoms with Crippen LogP contribution in [0.2, 0.25) is 0 Å². The standard InChI is InChI=1S/C16H22N4O3/c1-10(15(22)20-8-6-16(4-5-16)7-9-20)17-13(21)12-18-14(23-19-12)11-2-3-11/h10-11H,2-9H2,1H3,(H,17,21)/t10-/m0/s1. The van der Waals surface area contributed by atoms with Gasteiger partial charge < -0.3 is 14.7 Å². The van der Waals surface area contributed by atoms with Crippen molar-refractivity contribution >= 4 is 11.8 Å². The highest BCUT2D eigenvalue weighted by Gasteiger charge is 2.45. The molecule has 4 rings (SSSR count). The molecule has 3 fully saturated rings. The molecule has 2 saturated carbocycles. The van der Waals surface area contributed by atoms with Crippen LogP contribution in [0.25, 0.3) is 0 Å². The predicted molar refractivity (Wildman–Crippen MR) is 80.7 cm³/mol. The number of amides is 2. The Kier molecular flexibility index (Phi) is 3.39. The molecule has 2 heterocycles. The Labute approximate surface area is 134 Å². The fraction of sp³-hybridized carbons (Fsp3) is 0.750. The lowest BCUT2D eigenvalue weighted by Gasteiger charge is -2.33. The zero-order valence-electron chi connectivity index (χ0n) is 13.4. The molecule has 1 spiro atoms. The molecule has 2 aliphatic carbocycles. The summed E-state index contributed by atoms with van der Waals surface area (Å²) in [5.74, 6) is 0.380. The van der Waals surface area contributed by atoms with Crippen LogP contribution in [0.15, 0.2) is 4.52 Å². The van der Waals surface area contributed by atoms with Gasteiger partial charge in [0.25, 0.3) is 11.7 Å². The Balaban J connectivity index is 1.31. The summed E-state index contributed by atoms with van der Waals surface area (Å²) in [6, 6.07) is -0.571. The SMILES string of the molecule is C[C@H](NC(=O)c1noc(C2CC2)n1)C(=O)N1CCC2(CC1)CC2. The van der Waals surface area contributed by atoms with Gasteiger partial charge in [0.1, 0.15) is 6.04 Å². The van der Waals surface area contributed by atoms with E-state index >= 15 is 0 Å². The first-order valence-corrected chi connectivity index (χ1v) is 8.50. The molecule has 0 unspecified atom stereocenters. The number of rotatable bonds is 4. The van der Waals surface area contributed by atoms with E-state index in [1.165, 1.54) is 12.8 Å². The average molecular weight is 318 g/mol. The monoisotopic (exact) mass is 318 g/mol. The maximum atomic E-state index is 12.5. The van der Waals surface area contributed by atoms with Crippen molar-refractivity contribution in [3.63, 3.8) is 0 Å². The molecule has 7 heteroatoms. The third kappa shape index (κ3) is 2.96. The summed E-state index contributed by atoms with van der Waals surface area (Å²) in [7, 11) is 0. The minimum Gasteiger partial charge on any atom is -0.341 e. The van der Waals surface area contributed by atoms with Gasteiger partial charge in [-0.1, -0.05) is 5.16 Å². The highest BCUT2D eigenvalue weighted by molar-refractivity contribution is 5.94. The van der Waals surface area contributed by atoms with Crippen LogP contribution in [0.1, 0.15) is 67.9 Å². The summed E-state index contributed by atoms with van der Waals surface area (Å²) < 4.78 is 5.08. The van der Waals surface area contributed by atoms with Crippen molar-refractivity contribution in [2.75, 3.05) is 13.1 Å². The van der Waals surface area contributed by atoms with Crippen LogP contribution in [-0.4, -0.2) is 46.0 Å². The van der Waals surface area contributed by atoms with E-state index in [1.807, 2.05) is 4.90 Å². The number of carbonyl (C=O) groups excluding carboxylic acids is 2. The Hall–Kier alpha value is -1.92. The quantitative estimate of drug-likeness (QED) is 0.908. The summed E-state index contributed by atoms with van der Waals surface area (Å²) in [5, 5.41) is 6.39. The molecule has 1 aromatic heterocycles. The van der Waals surface area contributed by atoms with Gasteiger partial charge in [-0.15, -0.1) is 0 Å². The predicted octanol–water partition coefficient (Wildman–Crippen LogP) is 1.47.